The first-order valence-corrected chi connectivity index (χ1v) is 7.01. The van der Waals surface area contributed by atoms with Gasteiger partial charge in [0.25, 0.3) is 5.91 Å². The number of carbonyl (C=O) groups excluding carboxylic acids is 2. The Hall–Kier alpha value is -1.57. The van der Waals surface area contributed by atoms with E-state index in [4.69, 9.17) is 0 Å². The molecule has 4 nitrogen and oxygen atoms in total. The second-order valence-electron chi connectivity index (χ2n) is 4.72. The molecule has 1 saturated carbocycles. The molecule has 1 fully saturated rings. The highest BCUT2D eigenvalue weighted by molar-refractivity contribution is 9.10. The van der Waals surface area contributed by atoms with Crippen LogP contribution in [0.2, 0.25) is 0 Å². The molecule has 0 aliphatic heterocycles. The van der Waals surface area contributed by atoms with Crippen LogP contribution in [0.15, 0.2) is 22.7 Å². The average molecular weight is 365 g/mol. The number of hydrogen-bond acceptors (Lipinski definition) is 2. The van der Waals surface area contributed by atoms with Crippen LogP contribution in [-0.4, -0.2) is 24.4 Å². The molecule has 2 amide bonds. The van der Waals surface area contributed by atoms with E-state index in [-0.39, 0.29) is 28.5 Å². The number of alkyl halides is 3. The summed E-state index contributed by atoms with van der Waals surface area (Å²) in [6.07, 6.45) is -2.70. The first-order valence-electron chi connectivity index (χ1n) is 6.21. The van der Waals surface area contributed by atoms with E-state index < -0.39 is 17.6 Å². The Kier molecular flexibility index (Phi) is 4.55. The van der Waals surface area contributed by atoms with Gasteiger partial charge in [-0.2, -0.15) is 13.2 Å². The third kappa shape index (κ3) is 4.45. The standard InChI is InChI=1S/C13H12BrF3N2O2/c14-10-4-1-7(13(15,16)17)5-9(10)12(21)18-6-11(20)19-8-2-3-8/h1,4-5,8H,2-3,6H2,(H,18,21)(H,19,20). The number of rotatable bonds is 4. The summed E-state index contributed by atoms with van der Waals surface area (Å²) in [5.74, 6) is -1.09. The number of carbonyl (C=O) groups is 2. The molecular weight excluding hydrogens is 353 g/mol. The van der Waals surface area contributed by atoms with E-state index in [1.54, 1.807) is 0 Å². The molecule has 114 valence electrons. The Morgan fingerprint density at radius 2 is 1.95 bits per heavy atom. The maximum Gasteiger partial charge on any atom is 0.416 e. The van der Waals surface area contributed by atoms with Crippen LogP contribution < -0.4 is 10.6 Å². The molecule has 1 aromatic rings. The highest BCUT2D eigenvalue weighted by Crippen LogP contribution is 2.31. The van der Waals surface area contributed by atoms with E-state index >= 15 is 0 Å². The second-order valence-corrected chi connectivity index (χ2v) is 5.57. The highest BCUT2D eigenvalue weighted by atomic mass is 79.9. The van der Waals surface area contributed by atoms with Crippen molar-refractivity contribution in [3.63, 3.8) is 0 Å². The lowest BCUT2D eigenvalue weighted by Crippen LogP contribution is -2.38. The lowest BCUT2D eigenvalue weighted by Gasteiger charge is -2.11. The smallest absolute Gasteiger partial charge is 0.352 e. The van der Waals surface area contributed by atoms with Crippen molar-refractivity contribution in [1.29, 1.82) is 0 Å². The van der Waals surface area contributed by atoms with Crippen molar-refractivity contribution in [2.75, 3.05) is 6.54 Å². The average Bonchev–Trinajstić information content (AvgIpc) is 3.19. The lowest BCUT2D eigenvalue weighted by molar-refractivity contribution is -0.137. The molecule has 0 aromatic heterocycles. The van der Waals surface area contributed by atoms with Crippen LogP contribution in [0, 0.1) is 0 Å². The molecule has 0 radical (unpaired) electrons. The normalized spacial score (nSPS) is 14.7. The summed E-state index contributed by atoms with van der Waals surface area (Å²) in [7, 11) is 0. The molecule has 21 heavy (non-hydrogen) atoms. The minimum Gasteiger partial charge on any atom is -0.352 e. The molecule has 8 heteroatoms. The maximum atomic E-state index is 12.6. The van der Waals surface area contributed by atoms with Gasteiger partial charge >= 0.3 is 6.18 Å². The largest absolute Gasteiger partial charge is 0.416 e. The highest BCUT2D eigenvalue weighted by Gasteiger charge is 2.31. The van der Waals surface area contributed by atoms with Gasteiger partial charge in [0, 0.05) is 10.5 Å². The van der Waals surface area contributed by atoms with Crippen LogP contribution in [0.3, 0.4) is 0 Å². The van der Waals surface area contributed by atoms with E-state index in [2.05, 4.69) is 26.6 Å². The molecule has 2 N–H and O–H groups in total. The van der Waals surface area contributed by atoms with Gasteiger partial charge in [-0.1, -0.05) is 0 Å². The molecule has 0 bridgehead atoms. The first-order chi connectivity index (χ1) is 9.77. The number of amides is 2. The van der Waals surface area contributed by atoms with Gasteiger partial charge < -0.3 is 10.6 Å². The monoisotopic (exact) mass is 364 g/mol. The van der Waals surface area contributed by atoms with E-state index in [1.807, 2.05) is 0 Å². The third-order valence-electron chi connectivity index (χ3n) is 2.89. The summed E-state index contributed by atoms with van der Waals surface area (Å²) in [5.41, 5.74) is -1.08. The lowest BCUT2D eigenvalue weighted by atomic mass is 10.1. The predicted octanol–water partition coefficient (Wildman–Crippen LogP) is 2.48. The minimum absolute atomic E-state index is 0.162. The van der Waals surface area contributed by atoms with E-state index in [0.29, 0.717) is 0 Å². The quantitative estimate of drug-likeness (QED) is 0.862. The molecule has 0 saturated heterocycles. The van der Waals surface area contributed by atoms with Crippen molar-refractivity contribution < 1.29 is 22.8 Å². The zero-order chi connectivity index (χ0) is 15.6. The number of halogens is 4. The van der Waals surface area contributed by atoms with Gasteiger partial charge in [0.05, 0.1) is 17.7 Å². The van der Waals surface area contributed by atoms with Crippen molar-refractivity contribution >= 4 is 27.7 Å². The van der Waals surface area contributed by atoms with E-state index in [0.717, 1.165) is 31.0 Å². The molecule has 0 spiro atoms. The molecule has 2 rings (SSSR count). The summed E-state index contributed by atoms with van der Waals surface area (Å²) in [6, 6.07) is 2.94. The van der Waals surface area contributed by atoms with Gasteiger partial charge in [-0.05, 0) is 47.0 Å². The third-order valence-corrected chi connectivity index (χ3v) is 3.58. The fourth-order valence-electron chi connectivity index (χ4n) is 1.64. The molecule has 0 atom stereocenters. The maximum absolute atomic E-state index is 12.6. The van der Waals surface area contributed by atoms with Crippen molar-refractivity contribution in [2.24, 2.45) is 0 Å². The molecule has 0 unspecified atom stereocenters. The van der Waals surface area contributed by atoms with Crippen LogP contribution in [0.4, 0.5) is 13.2 Å². The Morgan fingerprint density at radius 1 is 1.29 bits per heavy atom. The number of benzene rings is 1. The second kappa shape index (κ2) is 6.05. The van der Waals surface area contributed by atoms with Gasteiger partial charge in [0.15, 0.2) is 0 Å². The van der Waals surface area contributed by atoms with Crippen LogP contribution >= 0.6 is 15.9 Å². The van der Waals surface area contributed by atoms with Crippen LogP contribution in [0.25, 0.3) is 0 Å². The summed E-state index contributed by atoms with van der Waals surface area (Å²) in [4.78, 5) is 23.3. The van der Waals surface area contributed by atoms with Gasteiger partial charge in [-0.3, -0.25) is 9.59 Å². The number of nitrogens with one attached hydrogen (secondary N) is 2. The fraction of sp³-hybridized carbons (Fsp3) is 0.385. The summed E-state index contributed by atoms with van der Waals surface area (Å²) < 4.78 is 38.1. The van der Waals surface area contributed by atoms with E-state index in [9.17, 15) is 22.8 Å². The predicted molar refractivity (Wildman–Crippen MR) is 72.6 cm³/mol. The Bertz CT molecular complexity index is 571. The molecule has 1 aromatic carbocycles. The van der Waals surface area contributed by atoms with E-state index in [1.165, 1.54) is 0 Å². The summed E-state index contributed by atoms with van der Waals surface area (Å²) in [6.45, 7) is -0.266. The van der Waals surface area contributed by atoms with Gasteiger partial charge in [0.2, 0.25) is 5.91 Å². The summed E-state index contributed by atoms with van der Waals surface area (Å²) >= 11 is 3.03. The first kappa shape index (κ1) is 15.8. The molecule has 0 heterocycles. The summed E-state index contributed by atoms with van der Waals surface area (Å²) in [5, 5.41) is 4.97. The van der Waals surface area contributed by atoms with Crippen molar-refractivity contribution in [3.05, 3.63) is 33.8 Å². The topological polar surface area (TPSA) is 58.2 Å². The minimum atomic E-state index is -4.53. The van der Waals surface area contributed by atoms with Crippen LogP contribution in [0.5, 0.6) is 0 Å². The van der Waals surface area contributed by atoms with Crippen molar-refractivity contribution in [1.82, 2.24) is 10.6 Å². The fourth-order valence-corrected chi connectivity index (χ4v) is 2.06. The van der Waals surface area contributed by atoms with Crippen molar-refractivity contribution in [2.45, 2.75) is 25.1 Å². The molecular formula is C13H12BrF3N2O2. The number of hydrogen-bond donors (Lipinski definition) is 2. The Morgan fingerprint density at radius 3 is 2.52 bits per heavy atom. The van der Waals surface area contributed by atoms with Crippen LogP contribution in [-0.2, 0) is 11.0 Å². The van der Waals surface area contributed by atoms with Gasteiger partial charge in [-0.25, -0.2) is 0 Å². The van der Waals surface area contributed by atoms with Gasteiger partial charge in [0.1, 0.15) is 0 Å². The SMILES string of the molecule is O=C(CNC(=O)c1cc(C(F)(F)F)ccc1Br)NC1CC1. The van der Waals surface area contributed by atoms with Crippen molar-refractivity contribution in [3.8, 4) is 0 Å². The molecule has 1 aliphatic carbocycles. The zero-order valence-corrected chi connectivity index (χ0v) is 12.3. The van der Waals surface area contributed by atoms with Crippen LogP contribution in [0.1, 0.15) is 28.8 Å². The van der Waals surface area contributed by atoms with Gasteiger partial charge in [-0.15, -0.1) is 0 Å². The molecule has 1 aliphatic rings. The Labute approximate surface area is 127 Å². The Balaban J connectivity index is 2.02. The zero-order valence-electron chi connectivity index (χ0n) is 10.8.